The third kappa shape index (κ3) is 5.48. The number of carboxylic acids is 1. The second-order valence-corrected chi connectivity index (χ2v) is 14.5. The lowest BCUT2D eigenvalue weighted by Gasteiger charge is -2.63. The van der Waals surface area contributed by atoms with Crippen LogP contribution in [-0.4, -0.2) is 29.7 Å². The first-order valence-corrected chi connectivity index (χ1v) is 15.4. The highest BCUT2D eigenvalue weighted by Crippen LogP contribution is 2.71. The van der Waals surface area contributed by atoms with E-state index in [1.807, 2.05) is 0 Å². The summed E-state index contributed by atoms with van der Waals surface area (Å²) >= 11 is 0. The second kappa shape index (κ2) is 10.9. The molecule has 0 bridgehead atoms. The number of hydrogen-bond acceptors (Lipinski definition) is 2. The maximum atomic E-state index is 12.3. The van der Waals surface area contributed by atoms with Crippen LogP contribution in [0.2, 0.25) is 0 Å². The smallest absolute Gasteiger partial charge is 0.315 e. The Morgan fingerprint density at radius 3 is 2.46 bits per heavy atom. The summed E-state index contributed by atoms with van der Waals surface area (Å²) in [6, 6.07) is -0.0889. The molecule has 1 unspecified atom stereocenters. The maximum absolute atomic E-state index is 12.3. The SMILES string of the molecule is CC(C)CCC[C@@H](C)C1CC[C@H]2[C@]3(C)CC=C4C[C@@H](NC(=O)NCCC(=O)O)CC[C@]4(C)[C@H]3CC[C@]12C. The molecule has 210 valence electrons. The molecule has 0 aliphatic heterocycles. The van der Waals surface area contributed by atoms with Crippen molar-refractivity contribution in [2.75, 3.05) is 6.54 Å². The van der Waals surface area contributed by atoms with Gasteiger partial charge in [0.15, 0.2) is 0 Å². The first-order valence-electron chi connectivity index (χ1n) is 15.4. The van der Waals surface area contributed by atoms with Gasteiger partial charge in [0, 0.05) is 12.6 Å². The van der Waals surface area contributed by atoms with Crippen LogP contribution in [0.25, 0.3) is 0 Å². The van der Waals surface area contributed by atoms with E-state index in [0.717, 1.165) is 48.9 Å². The molecule has 2 amide bonds. The molecule has 4 aliphatic carbocycles. The zero-order valence-corrected chi connectivity index (χ0v) is 24.5. The minimum absolute atomic E-state index is 0.0424. The Morgan fingerprint density at radius 2 is 1.76 bits per heavy atom. The Kier molecular flexibility index (Phi) is 8.41. The first kappa shape index (κ1) is 28.5. The van der Waals surface area contributed by atoms with E-state index in [1.165, 1.54) is 51.4 Å². The van der Waals surface area contributed by atoms with Crippen LogP contribution in [0.15, 0.2) is 11.6 Å². The highest BCUT2D eigenvalue weighted by Gasteiger charge is 2.63. The number of rotatable bonds is 9. The number of carboxylic acid groups (broad SMARTS) is 1. The summed E-state index contributed by atoms with van der Waals surface area (Å²) in [6.45, 7) is 15.3. The van der Waals surface area contributed by atoms with Gasteiger partial charge in [-0.2, -0.15) is 0 Å². The fraction of sp³-hybridized carbons (Fsp3) is 0.875. The zero-order valence-electron chi connectivity index (χ0n) is 24.5. The third-order valence-electron chi connectivity index (χ3n) is 11.8. The van der Waals surface area contributed by atoms with Gasteiger partial charge in [0.2, 0.25) is 0 Å². The number of allylic oxidation sites excluding steroid dienone is 1. The first-order chi connectivity index (χ1) is 17.4. The van der Waals surface area contributed by atoms with Crippen molar-refractivity contribution in [3.8, 4) is 0 Å². The van der Waals surface area contributed by atoms with Crippen molar-refractivity contribution in [2.24, 2.45) is 45.8 Å². The molecular formula is C32H54N2O3. The van der Waals surface area contributed by atoms with Crippen LogP contribution in [0, 0.1) is 45.8 Å². The molecule has 0 aromatic rings. The Morgan fingerprint density at radius 1 is 1.00 bits per heavy atom. The molecule has 37 heavy (non-hydrogen) atoms. The Labute approximate surface area is 226 Å². The van der Waals surface area contributed by atoms with E-state index in [1.54, 1.807) is 5.57 Å². The summed E-state index contributed by atoms with van der Waals surface area (Å²) in [5.74, 6) is 3.19. The Balaban J connectivity index is 1.42. The van der Waals surface area contributed by atoms with Gasteiger partial charge in [0.05, 0.1) is 6.42 Å². The van der Waals surface area contributed by atoms with Gasteiger partial charge in [-0.3, -0.25) is 4.79 Å². The highest BCUT2D eigenvalue weighted by molar-refractivity contribution is 5.75. The lowest BCUT2D eigenvalue weighted by Crippen LogP contribution is -2.57. The van der Waals surface area contributed by atoms with Gasteiger partial charge in [-0.15, -0.1) is 0 Å². The summed E-state index contributed by atoms with van der Waals surface area (Å²) < 4.78 is 0. The van der Waals surface area contributed by atoms with E-state index in [-0.39, 0.29) is 30.5 Å². The molecule has 5 nitrogen and oxygen atoms in total. The average molecular weight is 515 g/mol. The van der Waals surface area contributed by atoms with Crippen LogP contribution < -0.4 is 10.6 Å². The number of aliphatic carboxylic acids is 1. The van der Waals surface area contributed by atoms with Gasteiger partial charge in [-0.25, -0.2) is 4.79 Å². The molecule has 0 saturated heterocycles. The monoisotopic (exact) mass is 514 g/mol. The summed E-state index contributed by atoms with van der Waals surface area (Å²) in [7, 11) is 0. The summed E-state index contributed by atoms with van der Waals surface area (Å²) in [5.41, 5.74) is 2.67. The number of carbonyl (C=O) groups excluding carboxylic acids is 1. The fourth-order valence-corrected chi connectivity index (χ4v) is 9.98. The van der Waals surface area contributed by atoms with Crippen LogP contribution in [-0.2, 0) is 4.79 Å². The molecule has 0 aromatic heterocycles. The van der Waals surface area contributed by atoms with Gasteiger partial charge in [-0.05, 0) is 97.2 Å². The summed E-state index contributed by atoms with van der Waals surface area (Å²) in [4.78, 5) is 23.1. The number of urea groups is 1. The fourth-order valence-electron chi connectivity index (χ4n) is 9.98. The molecule has 3 N–H and O–H groups in total. The number of carbonyl (C=O) groups is 2. The van der Waals surface area contributed by atoms with E-state index < -0.39 is 5.97 Å². The maximum Gasteiger partial charge on any atom is 0.315 e. The van der Waals surface area contributed by atoms with Crippen molar-refractivity contribution in [1.82, 2.24) is 10.6 Å². The molecule has 0 radical (unpaired) electrons. The third-order valence-corrected chi connectivity index (χ3v) is 11.8. The van der Waals surface area contributed by atoms with Gasteiger partial charge < -0.3 is 15.7 Å². The lowest BCUT2D eigenvalue weighted by atomic mass is 9.41. The summed E-state index contributed by atoms with van der Waals surface area (Å²) in [6.07, 6.45) is 16.5. The average Bonchev–Trinajstić information content (AvgIpc) is 3.17. The van der Waals surface area contributed by atoms with Gasteiger partial charge in [0.1, 0.15) is 0 Å². The van der Waals surface area contributed by atoms with Crippen LogP contribution >= 0.6 is 0 Å². The van der Waals surface area contributed by atoms with Crippen LogP contribution in [0.3, 0.4) is 0 Å². The highest BCUT2D eigenvalue weighted by atomic mass is 16.4. The van der Waals surface area contributed by atoms with Gasteiger partial charge in [-0.1, -0.05) is 72.5 Å². The van der Waals surface area contributed by atoms with Crippen molar-refractivity contribution in [3.63, 3.8) is 0 Å². The molecule has 0 aromatic carbocycles. The Bertz CT molecular complexity index is 883. The zero-order chi connectivity index (χ0) is 27.0. The largest absolute Gasteiger partial charge is 0.481 e. The summed E-state index contributed by atoms with van der Waals surface area (Å²) in [5, 5.41) is 14.6. The Hall–Kier alpha value is -1.52. The molecule has 3 saturated carbocycles. The molecular weight excluding hydrogens is 460 g/mol. The molecule has 0 heterocycles. The minimum atomic E-state index is -0.887. The molecule has 4 aliphatic rings. The minimum Gasteiger partial charge on any atom is -0.481 e. The van der Waals surface area contributed by atoms with Crippen LogP contribution in [0.1, 0.15) is 119 Å². The number of fused-ring (bicyclic) bond motifs is 5. The quantitative estimate of drug-likeness (QED) is 0.278. The number of hydrogen-bond donors (Lipinski definition) is 3. The van der Waals surface area contributed by atoms with Gasteiger partial charge >= 0.3 is 12.0 Å². The number of amides is 2. The van der Waals surface area contributed by atoms with Crippen molar-refractivity contribution in [1.29, 1.82) is 0 Å². The van der Waals surface area contributed by atoms with Crippen LogP contribution in [0.5, 0.6) is 0 Å². The molecule has 8 atom stereocenters. The van der Waals surface area contributed by atoms with Gasteiger partial charge in [0.25, 0.3) is 0 Å². The predicted octanol–water partition coefficient (Wildman–Crippen LogP) is 7.56. The van der Waals surface area contributed by atoms with Crippen molar-refractivity contribution in [3.05, 3.63) is 11.6 Å². The standard InChI is InChI=1S/C32H54N2O3/c1-21(2)8-7-9-22(3)25-10-11-26-31(25,5)18-14-27-30(4)17-13-24(20-23(30)12-16-32(26,27)6)34-29(37)33-19-15-28(35)36/h12,21-22,24-27H,7-11,13-20H2,1-6H3,(H,35,36)(H2,33,34,37)/t22-,24+,25?,26-,27-,30+,31-,32+/m1/s1. The predicted molar refractivity (Wildman–Crippen MR) is 150 cm³/mol. The van der Waals surface area contributed by atoms with Crippen molar-refractivity contribution >= 4 is 12.0 Å². The molecule has 3 fully saturated rings. The molecule has 5 heteroatoms. The van der Waals surface area contributed by atoms with Crippen molar-refractivity contribution in [2.45, 2.75) is 125 Å². The number of nitrogens with one attached hydrogen (secondary N) is 2. The normalized spacial score (nSPS) is 39.7. The molecule has 4 rings (SSSR count). The topological polar surface area (TPSA) is 78.4 Å². The van der Waals surface area contributed by atoms with E-state index >= 15 is 0 Å². The second-order valence-electron chi connectivity index (χ2n) is 14.5. The van der Waals surface area contributed by atoms with E-state index in [2.05, 4.69) is 58.3 Å². The lowest BCUT2D eigenvalue weighted by molar-refractivity contribution is -0.136. The van der Waals surface area contributed by atoms with E-state index in [0.29, 0.717) is 10.8 Å². The van der Waals surface area contributed by atoms with Crippen LogP contribution in [0.4, 0.5) is 4.79 Å². The van der Waals surface area contributed by atoms with E-state index in [4.69, 9.17) is 5.11 Å². The van der Waals surface area contributed by atoms with Crippen molar-refractivity contribution < 1.29 is 14.7 Å². The molecule has 0 spiro atoms. The van der Waals surface area contributed by atoms with E-state index in [9.17, 15) is 9.59 Å².